The van der Waals surface area contributed by atoms with E-state index in [1.165, 1.54) is 10.8 Å². The van der Waals surface area contributed by atoms with Crippen molar-refractivity contribution in [3.05, 3.63) is 62.3 Å². The van der Waals surface area contributed by atoms with Crippen LogP contribution in [0.1, 0.15) is 35.5 Å². The van der Waals surface area contributed by atoms with Gasteiger partial charge in [-0.25, -0.2) is 9.97 Å². The molecular weight excluding hydrogens is 456 g/mol. The number of nitrogen functional groups attached to an aromatic ring is 3. The summed E-state index contributed by atoms with van der Waals surface area (Å²) in [6.07, 6.45) is 1.51. The summed E-state index contributed by atoms with van der Waals surface area (Å²) in [5, 5.41) is 13.3. The van der Waals surface area contributed by atoms with Gasteiger partial charge in [0.1, 0.15) is 29.1 Å². The minimum Gasteiger partial charge on any atom is -0.384 e. The van der Waals surface area contributed by atoms with Gasteiger partial charge >= 0.3 is 0 Å². The minimum absolute atomic E-state index is 0.0231. The average Bonchev–Trinajstić information content (AvgIpc) is 2.76. The molecule has 4 aromatic rings. The number of aryl methyl sites for hydroxylation is 2. The Kier molecular flexibility index (Phi) is 5.68. The molecule has 0 aliphatic rings. The third-order valence-electron chi connectivity index (χ3n) is 5.36. The van der Waals surface area contributed by atoms with Gasteiger partial charge < -0.3 is 22.5 Å². The van der Waals surface area contributed by atoms with Gasteiger partial charge in [-0.2, -0.15) is 15.2 Å². The number of nitrogens with two attached hydrogens (primary N) is 3. The summed E-state index contributed by atoms with van der Waals surface area (Å²) >= 11 is 6.42. The number of hydrogen-bond donors (Lipinski definition) is 4. The first-order chi connectivity index (χ1) is 16.1. The number of fused-ring (bicyclic) bond motifs is 1. The normalized spacial score (nSPS) is 11.9. The maximum Gasteiger partial charge on any atom is 0.266 e. The molecule has 0 fully saturated rings. The summed E-state index contributed by atoms with van der Waals surface area (Å²) in [7, 11) is 0. The highest BCUT2D eigenvalue weighted by Gasteiger charge is 2.23. The number of rotatable bonds is 4. The van der Waals surface area contributed by atoms with E-state index in [1.807, 2.05) is 19.9 Å². The van der Waals surface area contributed by atoms with Gasteiger partial charge in [-0.15, -0.1) is 0 Å². The van der Waals surface area contributed by atoms with Gasteiger partial charge in [0.05, 0.1) is 33.9 Å². The second-order valence-corrected chi connectivity index (χ2v) is 8.17. The summed E-state index contributed by atoms with van der Waals surface area (Å²) in [4.78, 5) is 30.6. The largest absolute Gasteiger partial charge is 0.384 e. The van der Waals surface area contributed by atoms with E-state index >= 15 is 0 Å². The van der Waals surface area contributed by atoms with Gasteiger partial charge in [0.2, 0.25) is 5.95 Å². The smallest absolute Gasteiger partial charge is 0.266 e. The number of halogens is 1. The van der Waals surface area contributed by atoms with E-state index in [9.17, 15) is 10.1 Å². The Bertz CT molecular complexity index is 1560. The maximum absolute atomic E-state index is 13.8. The van der Waals surface area contributed by atoms with Crippen molar-refractivity contribution in [2.24, 2.45) is 0 Å². The van der Waals surface area contributed by atoms with Gasteiger partial charge in [-0.3, -0.25) is 9.36 Å². The zero-order chi connectivity index (χ0) is 24.7. The molecule has 34 heavy (non-hydrogen) atoms. The van der Waals surface area contributed by atoms with Crippen LogP contribution in [0.4, 0.5) is 23.4 Å². The molecule has 3 heterocycles. The lowest BCUT2D eigenvalue weighted by Crippen LogP contribution is -2.29. The van der Waals surface area contributed by atoms with Crippen molar-refractivity contribution < 1.29 is 0 Å². The van der Waals surface area contributed by atoms with Crippen molar-refractivity contribution in [1.82, 2.24) is 24.5 Å². The number of anilines is 4. The van der Waals surface area contributed by atoms with Crippen LogP contribution in [0.15, 0.2) is 29.2 Å². The first-order valence-electron chi connectivity index (χ1n) is 10.2. The van der Waals surface area contributed by atoms with Crippen molar-refractivity contribution in [3.8, 4) is 11.8 Å². The molecule has 1 atom stereocenters. The molecule has 0 saturated carbocycles. The van der Waals surface area contributed by atoms with E-state index in [0.29, 0.717) is 33.3 Å². The zero-order valence-corrected chi connectivity index (χ0v) is 19.3. The Balaban J connectivity index is 2.01. The van der Waals surface area contributed by atoms with Gasteiger partial charge in [-0.05, 0) is 44.0 Å². The predicted molar refractivity (Wildman–Crippen MR) is 132 cm³/mol. The molecule has 12 heteroatoms. The number of nitrogens with zero attached hydrogens (tertiary/aromatic N) is 6. The zero-order valence-electron chi connectivity index (χ0n) is 18.6. The molecule has 3 aromatic heterocycles. The molecule has 0 spiro atoms. The highest BCUT2D eigenvalue weighted by atomic mass is 35.5. The van der Waals surface area contributed by atoms with Crippen LogP contribution in [0.2, 0.25) is 5.02 Å². The second-order valence-electron chi connectivity index (χ2n) is 7.76. The lowest BCUT2D eigenvalue weighted by atomic mass is 10.1. The van der Waals surface area contributed by atoms with Crippen molar-refractivity contribution >= 4 is 45.9 Å². The fourth-order valence-corrected chi connectivity index (χ4v) is 3.93. The number of benzene rings is 1. The Morgan fingerprint density at radius 3 is 2.56 bits per heavy atom. The highest BCUT2D eigenvalue weighted by molar-refractivity contribution is 6.35. The maximum atomic E-state index is 13.8. The highest BCUT2D eigenvalue weighted by Crippen LogP contribution is 2.29. The van der Waals surface area contributed by atoms with Crippen molar-refractivity contribution in [2.45, 2.75) is 26.8 Å². The van der Waals surface area contributed by atoms with Gasteiger partial charge in [0.25, 0.3) is 5.56 Å². The number of hydrogen-bond acceptors (Lipinski definition) is 10. The SMILES string of the molecule is Cc1cc(N)ncc1-n1c([C@H](C)Nc2nc(N)nc(N)c2C#N)nc2c(Cl)ccc(C)c2c1=O. The number of nitrogens with one attached hydrogen (secondary N) is 1. The van der Waals surface area contributed by atoms with E-state index < -0.39 is 6.04 Å². The first kappa shape index (κ1) is 22.8. The molecule has 0 bridgehead atoms. The van der Waals surface area contributed by atoms with Crippen LogP contribution in [0, 0.1) is 25.2 Å². The van der Waals surface area contributed by atoms with E-state index in [4.69, 9.17) is 33.8 Å². The quantitative estimate of drug-likeness (QED) is 0.340. The molecule has 11 nitrogen and oxygen atoms in total. The lowest BCUT2D eigenvalue weighted by Gasteiger charge is -2.22. The van der Waals surface area contributed by atoms with E-state index in [2.05, 4.69) is 20.3 Å². The van der Waals surface area contributed by atoms with E-state index in [-0.39, 0.29) is 28.7 Å². The number of nitriles is 1. The van der Waals surface area contributed by atoms with E-state index in [1.54, 1.807) is 25.1 Å². The van der Waals surface area contributed by atoms with Crippen LogP contribution in [-0.4, -0.2) is 24.5 Å². The van der Waals surface area contributed by atoms with Gasteiger partial charge in [-0.1, -0.05) is 17.7 Å². The Morgan fingerprint density at radius 1 is 1.15 bits per heavy atom. The molecule has 4 rings (SSSR count). The van der Waals surface area contributed by atoms with Crippen molar-refractivity contribution in [2.75, 3.05) is 22.5 Å². The number of aromatic nitrogens is 5. The summed E-state index contributed by atoms with van der Waals surface area (Å²) in [6.45, 7) is 5.38. The van der Waals surface area contributed by atoms with Crippen LogP contribution in [0.3, 0.4) is 0 Å². The van der Waals surface area contributed by atoms with Crippen LogP contribution in [-0.2, 0) is 0 Å². The Hall–Kier alpha value is -4.43. The second kappa shape index (κ2) is 8.49. The number of pyridine rings is 1. The fraction of sp³-hybridized carbons (Fsp3) is 0.182. The molecule has 0 amide bonds. The molecule has 0 unspecified atom stereocenters. The molecule has 7 N–H and O–H groups in total. The molecular formula is C22H21ClN10O. The molecule has 1 aromatic carbocycles. The average molecular weight is 477 g/mol. The minimum atomic E-state index is -0.647. The molecule has 0 saturated heterocycles. The summed E-state index contributed by atoms with van der Waals surface area (Å²) in [5.74, 6) is 0.571. The topological polar surface area (TPSA) is 187 Å². The standard InChI is InChI=1S/C22H21ClN10O/c1-9-4-5-13(23)17-16(9)21(34)33(14-8-28-15(25)6-10(14)2)20(30-17)11(3)29-19-12(7-24)18(26)31-22(27)32-19/h4-6,8,11H,1-3H3,(H2,25,28)(H5,26,27,29,31,32)/t11-/m0/s1. The van der Waals surface area contributed by atoms with Crippen LogP contribution in [0.5, 0.6) is 0 Å². The molecule has 172 valence electrons. The molecule has 0 aliphatic heterocycles. The van der Waals surface area contributed by atoms with Crippen LogP contribution in [0.25, 0.3) is 16.6 Å². The van der Waals surface area contributed by atoms with Crippen LogP contribution >= 0.6 is 11.6 Å². The summed E-state index contributed by atoms with van der Waals surface area (Å²) < 4.78 is 1.45. The molecule has 0 radical (unpaired) electrons. The van der Waals surface area contributed by atoms with E-state index in [0.717, 1.165) is 11.1 Å². The van der Waals surface area contributed by atoms with Gasteiger partial charge in [0.15, 0.2) is 5.82 Å². The lowest BCUT2D eigenvalue weighted by molar-refractivity contribution is 0.727. The third kappa shape index (κ3) is 3.80. The monoisotopic (exact) mass is 476 g/mol. The third-order valence-corrected chi connectivity index (χ3v) is 5.67. The molecule has 0 aliphatic carbocycles. The van der Waals surface area contributed by atoms with Crippen molar-refractivity contribution in [3.63, 3.8) is 0 Å². The predicted octanol–water partition coefficient (Wildman–Crippen LogP) is 2.63. The Morgan fingerprint density at radius 2 is 1.88 bits per heavy atom. The Labute approximate surface area is 199 Å². The van der Waals surface area contributed by atoms with Crippen molar-refractivity contribution in [1.29, 1.82) is 5.26 Å². The summed E-state index contributed by atoms with van der Waals surface area (Å²) in [6, 6.07) is 6.43. The first-order valence-corrected chi connectivity index (χ1v) is 10.5. The summed E-state index contributed by atoms with van der Waals surface area (Å²) in [5.41, 5.74) is 19.4. The van der Waals surface area contributed by atoms with Gasteiger partial charge in [0, 0.05) is 0 Å². The van der Waals surface area contributed by atoms with Crippen LogP contribution < -0.4 is 28.1 Å². The fourth-order valence-electron chi connectivity index (χ4n) is 3.73.